The second kappa shape index (κ2) is 24.0. The van der Waals surface area contributed by atoms with E-state index < -0.39 is 77.9 Å². The van der Waals surface area contributed by atoms with E-state index in [9.17, 15) is 39.0 Å². The zero-order valence-electron chi connectivity index (χ0n) is 35.8. The van der Waals surface area contributed by atoms with Crippen molar-refractivity contribution in [2.24, 2.45) is 28.1 Å². The van der Waals surface area contributed by atoms with Gasteiger partial charge >= 0.3 is 5.97 Å². The number of aliphatic hydroxyl groups is 1. The van der Waals surface area contributed by atoms with Crippen LogP contribution in [0.4, 0.5) is 0 Å². The smallest absolute Gasteiger partial charge is 0.328 e. The van der Waals surface area contributed by atoms with E-state index in [2.05, 4.69) is 36.6 Å². The molecule has 3 aromatic carbocycles. The predicted molar refractivity (Wildman–Crippen MR) is 239 cm³/mol. The van der Waals surface area contributed by atoms with Crippen molar-refractivity contribution in [3.63, 3.8) is 0 Å². The Morgan fingerprint density at radius 3 is 1.76 bits per heavy atom. The lowest BCUT2D eigenvalue weighted by molar-refractivity contribution is -0.145. The summed E-state index contributed by atoms with van der Waals surface area (Å²) in [5.41, 5.74) is 20.4. The molecule has 63 heavy (non-hydrogen) atoms. The Hall–Kier alpha value is -6.79. The number of carboxylic acid groups (broad SMARTS) is 1. The molecule has 338 valence electrons. The number of nitrogens with two attached hydrogens (primary N) is 3. The van der Waals surface area contributed by atoms with E-state index in [1.165, 1.54) is 6.92 Å². The number of hydrogen-bond acceptors (Lipinski definition) is 9. The lowest BCUT2D eigenvalue weighted by atomic mass is 9.99. The van der Waals surface area contributed by atoms with E-state index in [-0.39, 0.29) is 56.9 Å². The third kappa shape index (κ3) is 15.6. The van der Waals surface area contributed by atoms with Gasteiger partial charge in [-0.15, -0.1) is 0 Å². The molecule has 5 amide bonds. The first-order valence-electron chi connectivity index (χ1n) is 20.9. The highest BCUT2D eigenvalue weighted by molar-refractivity contribution is 5.97. The Labute approximate surface area is 366 Å². The maximum atomic E-state index is 14.3. The Morgan fingerprint density at radius 1 is 0.651 bits per heavy atom. The molecule has 0 saturated carbocycles. The number of amides is 5. The number of H-pyrrole nitrogens is 1. The molecular formula is C45H60N10O8. The van der Waals surface area contributed by atoms with Crippen LogP contribution < -0.4 is 43.8 Å². The monoisotopic (exact) mass is 868 g/mol. The van der Waals surface area contributed by atoms with Gasteiger partial charge in [-0.1, -0.05) is 92.7 Å². The third-order valence-corrected chi connectivity index (χ3v) is 10.2. The third-order valence-electron chi connectivity index (χ3n) is 10.2. The fourth-order valence-corrected chi connectivity index (χ4v) is 6.96. The number of carbonyl (C=O) groups excluding carboxylic acids is 5. The summed E-state index contributed by atoms with van der Waals surface area (Å²) in [6.45, 7) is 5.00. The van der Waals surface area contributed by atoms with Crippen molar-refractivity contribution in [1.29, 1.82) is 0 Å². The molecule has 0 fully saturated rings. The molecule has 0 spiro atoms. The van der Waals surface area contributed by atoms with Crippen LogP contribution in [0.1, 0.15) is 56.7 Å². The average Bonchev–Trinajstić information content (AvgIpc) is 3.65. The Balaban J connectivity index is 1.60. The van der Waals surface area contributed by atoms with Crippen LogP contribution >= 0.6 is 0 Å². The standard InChI is InChI=1S/C45H60N10O8/c1-26(2)21-35(53-42(60)37(24-30-25-50-33-18-11-10-17-31(30)33)52-39(57)32(46)22-28-13-6-4-7-14-28)41(59)51-34(19-12-20-49-45(47)48)40(58)54-36(23-29-15-8-5-9-16-29)43(61)55-38(27(3)56)44(62)63/h4-11,13-18,25-27,32,34-38,50,56H,12,19-24,46H2,1-3H3,(H,51,59)(H,52,57)(H,53,60)(H,54,58)(H,55,61)(H,62,63)(H4,47,48,49)/t27-,32+,34+,35+,36+,37+,38+/m1/s1. The van der Waals surface area contributed by atoms with Crippen molar-refractivity contribution in [2.45, 2.75) is 102 Å². The molecule has 0 aliphatic carbocycles. The van der Waals surface area contributed by atoms with E-state index in [0.717, 1.165) is 22.0 Å². The maximum Gasteiger partial charge on any atom is 0.328 e. The maximum absolute atomic E-state index is 14.3. The van der Waals surface area contributed by atoms with Gasteiger partial charge in [0.2, 0.25) is 29.5 Å². The molecule has 18 heteroatoms. The van der Waals surface area contributed by atoms with Gasteiger partial charge in [-0.25, -0.2) is 4.79 Å². The number of nitrogens with zero attached hydrogens (tertiary/aromatic N) is 1. The SMILES string of the molecule is CC(C)C[C@H](NC(=O)[C@H](Cc1c[nH]c2ccccc12)NC(=O)[C@@H](N)Cc1ccccc1)C(=O)N[C@@H](CCCN=C(N)N)C(=O)N[C@@H](Cc1ccccc1)C(=O)N[C@H](C(=O)O)[C@@H](C)O. The highest BCUT2D eigenvalue weighted by Gasteiger charge is 2.34. The Morgan fingerprint density at radius 2 is 1.16 bits per heavy atom. The van der Waals surface area contributed by atoms with Gasteiger partial charge in [-0.3, -0.25) is 29.0 Å². The number of aromatic nitrogens is 1. The molecule has 0 bridgehead atoms. The van der Waals surface area contributed by atoms with Gasteiger partial charge in [0, 0.05) is 36.5 Å². The first kappa shape index (κ1) is 48.9. The Bertz CT molecular complexity index is 2180. The number of benzene rings is 3. The van der Waals surface area contributed by atoms with Crippen molar-refractivity contribution in [1.82, 2.24) is 31.6 Å². The van der Waals surface area contributed by atoms with Crippen LogP contribution in [0.15, 0.2) is 96.1 Å². The van der Waals surface area contributed by atoms with E-state index in [1.807, 2.05) is 68.4 Å². The van der Waals surface area contributed by atoms with Gasteiger partial charge in [-0.2, -0.15) is 0 Å². The van der Waals surface area contributed by atoms with Gasteiger partial charge in [0.05, 0.1) is 12.1 Å². The first-order valence-corrected chi connectivity index (χ1v) is 20.9. The Kier molecular flexibility index (Phi) is 18.6. The second-order valence-corrected chi connectivity index (χ2v) is 15.9. The number of fused-ring (bicyclic) bond motifs is 1. The largest absolute Gasteiger partial charge is 0.480 e. The number of aliphatic carboxylic acids is 1. The summed E-state index contributed by atoms with van der Waals surface area (Å²) in [6, 6.07) is 17.7. The van der Waals surface area contributed by atoms with Gasteiger partial charge < -0.3 is 59.0 Å². The minimum absolute atomic E-state index is 0.0135. The fourth-order valence-electron chi connectivity index (χ4n) is 6.96. The number of para-hydroxylation sites is 1. The van der Waals surface area contributed by atoms with Gasteiger partial charge in [0.25, 0.3) is 0 Å². The minimum atomic E-state index is -1.67. The van der Waals surface area contributed by atoms with E-state index >= 15 is 0 Å². The number of aliphatic hydroxyl groups excluding tert-OH is 1. The number of aliphatic imine (C=N–C) groups is 1. The molecule has 0 saturated heterocycles. The number of carbonyl (C=O) groups is 6. The number of hydrogen-bond donors (Lipinski definition) is 11. The van der Waals surface area contributed by atoms with Crippen molar-refractivity contribution in [3.05, 3.63) is 108 Å². The summed E-state index contributed by atoms with van der Waals surface area (Å²) in [6.07, 6.45) is 0.819. The van der Waals surface area contributed by atoms with Crippen molar-refractivity contribution < 1.29 is 39.0 Å². The van der Waals surface area contributed by atoms with Crippen LogP contribution in [0.5, 0.6) is 0 Å². The highest BCUT2D eigenvalue weighted by Crippen LogP contribution is 2.20. The lowest BCUT2D eigenvalue weighted by Crippen LogP contribution is -2.60. The fraction of sp³-hybridized carbons (Fsp3) is 0.400. The molecular weight excluding hydrogens is 809 g/mol. The molecule has 1 heterocycles. The summed E-state index contributed by atoms with van der Waals surface area (Å²) in [4.78, 5) is 88.9. The highest BCUT2D eigenvalue weighted by atomic mass is 16.4. The number of guanidine groups is 1. The van der Waals surface area contributed by atoms with E-state index in [0.29, 0.717) is 5.56 Å². The van der Waals surface area contributed by atoms with E-state index in [1.54, 1.807) is 36.5 Å². The molecule has 18 nitrogen and oxygen atoms in total. The molecule has 4 rings (SSSR count). The molecule has 0 unspecified atom stereocenters. The molecule has 4 aromatic rings. The summed E-state index contributed by atoms with van der Waals surface area (Å²) < 4.78 is 0. The number of aromatic amines is 1. The number of rotatable bonds is 24. The van der Waals surface area contributed by atoms with Gasteiger partial charge in [0.15, 0.2) is 12.0 Å². The molecule has 0 radical (unpaired) electrons. The first-order chi connectivity index (χ1) is 30.0. The molecule has 1 aromatic heterocycles. The summed E-state index contributed by atoms with van der Waals surface area (Å²) >= 11 is 0. The normalized spacial score (nSPS) is 14.5. The molecule has 0 aliphatic heterocycles. The van der Waals surface area contributed by atoms with Crippen LogP contribution in [-0.2, 0) is 48.0 Å². The number of nitrogens with one attached hydrogen (secondary N) is 6. The minimum Gasteiger partial charge on any atom is -0.480 e. The summed E-state index contributed by atoms with van der Waals surface area (Å²) in [5.74, 6) is -5.43. The zero-order chi connectivity index (χ0) is 46.1. The molecule has 7 atom stereocenters. The van der Waals surface area contributed by atoms with E-state index in [4.69, 9.17) is 17.2 Å². The van der Waals surface area contributed by atoms with Gasteiger partial charge in [0.1, 0.15) is 24.2 Å². The van der Waals surface area contributed by atoms with Crippen molar-refractivity contribution in [3.8, 4) is 0 Å². The average molecular weight is 869 g/mol. The molecule has 0 aliphatic rings. The van der Waals surface area contributed by atoms with Crippen molar-refractivity contribution >= 4 is 52.4 Å². The number of carboxylic acids is 1. The van der Waals surface area contributed by atoms with Crippen LogP contribution in [0.25, 0.3) is 10.9 Å². The molecule has 14 N–H and O–H groups in total. The quantitative estimate of drug-likeness (QED) is 0.0262. The van der Waals surface area contributed by atoms with Crippen molar-refractivity contribution in [2.75, 3.05) is 6.54 Å². The summed E-state index contributed by atoms with van der Waals surface area (Å²) in [7, 11) is 0. The van der Waals surface area contributed by atoms with Crippen LogP contribution in [0.3, 0.4) is 0 Å². The van der Waals surface area contributed by atoms with Crippen LogP contribution in [0, 0.1) is 5.92 Å². The van der Waals surface area contributed by atoms with Crippen LogP contribution in [0.2, 0.25) is 0 Å². The predicted octanol–water partition coefficient (Wildman–Crippen LogP) is 0.512. The van der Waals surface area contributed by atoms with Gasteiger partial charge in [-0.05, 0) is 61.3 Å². The topological polar surface area (TPSA) is 309 Å². The zero-order valence-corrected chi connectivity index (χ0v) is 35.8. The van der Waals surface area contributed by atoms with Crippen LogP contribution in [-0.4, -0.2) is 106 Å². The second-order valence-electron chi connectivity index (χ2n) is 15.9. The lowest BCUT2D eigenvalue weighted by Gasteiger charge is -2.28. The summed E-state index contributed by atoms with van der Waals surface area (Å²) in [5, 5.41) is 33.8.